The van der Waals surface area contributed by atoms with Gasteiger partial charge in [-0.15, -0.1) is 0 Å². The summed E-state index contributed by atoms with van der Waals surface area (Å²) >= 11 is 0. The second kappa shape index (κ2) is 8.55. The molecule has 0 saturated heterocycles. The van der Waals surface area contributed by atoms with Gasteiger partial charge in [0.1, 0.15) is 6.10 Å². The van der Waals surface area contributed by atoms with Gasteiger partial charge in [0.2, 0.25) is 0 Å². The molecule has 0 aromatic heterocycles. The standard InChI is InChI=1S/C16H32O2/c1-7-8-11-16(5,6)12-9-10-15(17)18-14(4)13(2)3/h13-14H,7-12H2,1-6H3. The Kier molecular flexibility index (Phi) is 8.30. The summed E-state index contributed by atoms with van der Waals surface area (Å²) < 4.78 is 5.37. The van der Waals surface area contributed by atoms with Gasteiger partial charge in [-0.25, -0.2) is 0 Å². The highest BCUT2D eigenvalue weighted by Crippen LogP contribution is 2.29. The van der Waals surface area contributed by atoms with Gasteiger partial charge in [0.25, 0.3) is 0 Å². The van der Waals surface area contributed by atoms with Crippen molar-refractivity contribution in [2.75, 3.05) is 0 Å². The number of carbonyl (C=O) groups excluding carboxylic acids is 1. The molecule has 108 valence electrons. The topological polar surface area (TPSA) is 26.3 Å². The molecule has 1 atom stereocenters. The highest BCUT2D eigenvalue weighted by Gasteiger charge is 2.18. The van der Waals surface area contributed by atoms with E-state index in [1.165, 1.54) is 19.3 Å². The quantitative estimate of drug-likeness (QED) is 0.545. The predicted molar refractivity (Wildman–Crippen MR) is 77.5 cm³/mol. The van der Waals surface area contributed by atoms with Crippen LogP contribution in [0.25, 0.3) is 0 Å². The van der Waals surface area contributed by atoms with E-state index in [0.29, 0.717) is 17.8 Å². The fraction of sp³-hybridized carbons (Fsp3) is 0.938. The summed E-state index contributed by atoms with van der Waals surface area (Å²) in [5.41, 5.74) is 0.361. The van der Waals surface area contributed by atoms with Gasteiger partial charge in [0, 0.05) is 6.42 Å². The maximum atomic E-state index is 11.6. The number of rotatable bonds is 9. The number of unbranched alkanes of at least 4 members (excludes halogenated alkanes) is 1. The Morgan fingerprint density at radius 2 is 1.67 bits per heavy atom. The van der Waals surface area contributed by atoms with Gasteiger partial charge in [-0.3, -0.25) is 4.79 Å². The molecule has 0 aromatic rings. The Balaban J connectivity index is 3.80. The molecule has 2 nitrogen and oxygen atoms in total. The molecule has 0 heterocycles. The van der Waals surface area contributed by atoms with Crippen molar-refractivity contribution in [2.45, 2.75) is 86.2 Å². The summed E-state index contributed by atoms with van der Waals surface area (Å²) in [6, 6.07) is 0. The molecule has 0 bridgehead atoms. The van der Waals surface area contributed by atoms with Crippen LogP contribution >= 0.6 is 0 Å². The second-order valence-corrected chi connectivity index (χ2v) is 6.56. The minimum Gasteiger partial charge on any atom is -0.462 e. The first kappa shape index (κ1) is 17.5. The van der Waals surface area contributed by atoms with Crippen molar-refractivity contribution in [3.63, 3.8) is 0 Å². The molecule has 0 amide bonds. The van der Waals surface area contributed by atoms with Gasteiger partial charge < -0.3 is 4.74 Å². The van der Waals surface area contributed by atoms with Crippen LogP contribution in [-0.2, 0) is 9.53 Å². The van der Waals surface area contributed by atoms with Crippen LogP contribution in [-0.4, -0.2) is 12.1 Å². The minimum atomic E-state index is -0.0394. The van der Waals surface area contributed by atoms with Crippen LogP contribution in [0.15, 0.2) is 0 Å². The Morgan fingerprint density at radius 1 is 1.11 bits per heavy atom. The summed E-state index contributed by atoms with van der Waals surface area (Å²) in [7, 11) is 0. The highest BCUT2D eigenvalue weighted by atomic mass is 16.5. The number of esters is 1. The summed E-state index contributed by atoms with van der Waals surface area (Å²) in [5, 5.41) is 0. The first-order valence-corrected chi connectivity index (χ1v) is 7.48. The van der Waals surface area contributed by atoms with Crippen LogP contribution in [0, 0.1) is 11.3 Å². The third-order valence-corrected chi connectivity index (χ3v) is 3.70. The zero-order valence-electron chi connectivity index (χ0n) is 13.2. The maximum Gasteiger partial charge on any atom is 0.306 e. The van der Waals surface area contributed by atoms with Gasteiger partial charge in [0.05, 0.1) is 0 Å². The van der Waals surface area contributed by atoms with Crippen molar-refractivity contribution in [3.8, 4) is 0 Å². The normalized spacial score (nSPS) is 13.7. The largest absolute Gasteiger partial charge is 0.462 e. The van der Waals surface area contributed by atoms with E-state index in [1.807, 2.05) is 6.92 Å². The molecule has 1 unspecified atom stereocenters. The molecule has 0 rings (SSSR count). The molecule has 0 aromatic carbocycles. The molecule has 0 fully saturated rings. The van der Waals surface area contributed by atoms with Crippen molar-refractivity contribution in [1.29, 1.82) is 0 Å². The Labute approximate surface area is 113 Å². The summed E-state index contributed by atoms with van der Waals surface area (Å²) in [6.07, 6.45) is 6.43. The molecule has 18 heavy (non-hydrogen) atoms. The summed E-state index contributed by atoms with van der Waals surface area (Å²) in [6.45, 7) is 12.9. The summed E-state index contributed by atoms with van der Waals surface area (Å²) in [5.74, 6) is 0.359. The molecule has 0 spiro atoms. The van der Waals surface area contributed by atoms with E-state index in [1.54, 1.807) is 0 Å². The van der Waals surface area contributed by atoms with Crippen LogP contribution in [0.2, 0.25) is 0 Å². The zero-order chi connectivity index (χ0) is 14.2. The lowest BCUT2D eigenvalue weighted by Crippen LogP contribution is -2.20. The monoisotopic (exact) mass is 256 g/mol. The van der Waals surface area contributed by atoms with Crippen molar-refractivity contribution in [3.05, 3.63) is 0 Å². The van der Waals surface area contributed by atoms with Crippen LogP contribution in [0.3, 0.4) is 0 Å². The van der Waals surface area contributed by atoms with Gasteiger partial charge in [-0.2, -0.15) is 0 Å². The van der Waals surface area contributed by atoms with Crippen LogP contribution < -0.4 is 0 Å². The molecular formula is C16H32O2. The van der Waals surface area contributed by atoms with Crippen molar-refractivity contribution in [1.82, 2.24) is 0 Å². The number of ether oxygens (including phenoxy) is 1. The van der Waals surface area contributed by atoms with Crippen LogP contribution in [0.1, 0.15) is 80.1 Å². The van der Waals surface area contributed by atoms with E-state index < -0.39 is 0 Å². The third-order valence-electron chi connectivity index (χ3n) is 3.70. The van der Waals surface area contributed by atoms with Crippen LogP contribution in [0.5, 0.6) is 0 Å². The fourth-order valence-corrected chi connectivity index (χ4v) is 1.89. The lowest BCUT2D eigenvalue weighted by atomic mass is 9.82. The van der Waals surface area contributed by atoms with E-state index in [0.717, 1.165) is 12.8 Å². The zero-order valence-corrected chi connectivity index (χ0v) is 13.2. The minimum absolute atomic E-state index is 0.0330. The van der Waals surface area contributed by atoms with Crippen molar-refractivity contribution in [2.24, 2.45) is 11.3 Å². The SMILES string of the molecule is CCCCC(C)(C)CCCC(=O)OC(C)C(C)C. The van der Waals surface area contributed by atoms with E-state index >= 15 is 0 Å². The molecule has 0 aliphatic carbocycles. The predicted octanol–water partition coefficient (Wildman–Crippen LogP) is 4.96. The van der Waals surface area contributed by atoms with E-state index in [2.05, 4.69) is 34.6 Å². The lowest BCUT2D eigenvalue weighted by Gasteiger charge is -2.24. The number of carbonyl (C=O) groups is 1. The third kappa shape index (κ3) is 8.54. The van der Waals surface area contributed by atoms with Gasteiger partial charge in [-0.05, 0) is 37.5 Å². The van der Waals surface area contributed by atoms with Gasteiger partial charge in [0.15, 0.2) is 0 Å². The van der Waals surface area contributed by atoms with Crippen molar-refractivity contribution >= 4 is 5.97 Å². The molecular weight excluding hydrogens is 224 g/mol. The highest BCUT2D eigenvalue weighted by molar-refractivity contribution is 5.69. The van der Waals surface area contributed by atoms with Crippen molar-refractivity contribution < 1.29 is 9.53 Å². The van der Waals surface area contributed by atoms with E-state index in [-0.39, 0.29) is 12.1 Å². The lowest BCUT2D eigenvalue weighted by molar-refractivity contribution is -0.150. The molecule has 0 radical (unpaired) electrons. The van der Waals surface area contributed by atoms with E-state index in [4.69, 9.17) is 4.74 Å². The smallest absolute Gasteiger partial charge is 0.306 e. The molecule has 0 N–H and O–H groups in total. The molecule has 0 aliphatic heterocycles. The Hall–Kier alpha value is -0.530. The number of hydrogen-bond acceptors (Lipinski definition) is 2. The number of hydrogen-bond donors (Lipinski definition) is 0. The van der Waals surface area contributed by atoms with E-state index in [9.17, 15) is 4.79 Å². The molecule has 0 aliphatic rings. The fourth-order valence-electron chi connectivity index (χ4n) is 1.89. The first-order valence-electron chi connectivity index (χ1n) is 7.48. The maximum absolute atomic E-state index is 11.6. The molecule has 2 heteroatoms. The van der Waals surface area contributed by atoms with Crippen LogP contribution in [0.4, 0.5) is 0 Å². The first-order chi connectivity index (χ1) is 8.28. The van der Waals surface area contributed by atoms with Gasteiger partial charge in [-0.1, -0.05) is 47.5 Å². The average Bonchev–Trinajstić information content (AvgIpc) is 2.25. The Morgan fingerprint density at radius 3 is 2.17 bits per heavy atom. The second-order valence-electron chi connectivity index (χ2n) is 6.56. The Bertz CT molecular complexity index is 231. The molecule has 0 saturated carbocycles. The van der Waals surface area contributed by atoms with Gasteiger partial charge >= 0.3 is 5.97 Å². The summed E-state index contributed by atoms with van der Waals surface area (Å²) in [4.78, 5) is 11.6. The average molecular weight is 256 g/mol.